The van der Waals surface area contributed by atoms with Crippen molar-refractivity contribution < 1.29 is 14.4 Å². The molecule has 0 fully saturated rings. The van der Waals surface area contributed by atoms with E-state index in [1.165, 1.54) is 25.2 Å². The highest BCUT2D eigenvalue weighted by Gasteiger charge is 2.07. The van der Waals surface area contributed by atoms with Gasteiger partial charge in [0.15, 0.2) is 5.78 Å². The van der Waals surface area contributed by atoms with Gasteiger partial charge >= 0.3 is 5.97 Å². The molecule has 0 aromatic heterocycles. The van der Waals surface area contributed by atoms with Crippen molar-refractivity contribution in [3.8, 4) is 0 Å². The van der Waals surface area contributed by atoms with Gasteiger partial charge in [0.05, 0.1) is 0 Å². The molecule has 68 valence electrons. The lowest BCUT2D eigenvalue weighted by atomic mass is 10.1. The highest BCUT2D eigenvalue weighted by atomic mass is 16.7. The Morgan fingerprint density at radius 2 is 2.15 bits per heavy atom. The van der Waals surface area contributed by atoms with E-state index in [0.29, 0.717) is 11.3 Å². The predicted molar refractivity (Wildman–Crippen MR) is 47.1 cm³/mol. The van der Waals surface area contributed by atoms with E-state index in [-0.39, 0.29) is 5.78 Å². The lowest BCUT2D eigenvalue weighted by Crippen LogP contribution is -2.07. The number of hydrogen-bond donors (Lipinski definition) is 0. The number of carbonyl (C=O) groups excluding carboxylic acids is 2. The van der Waals surface area contributed by atoms with Crippen molar-refractivity contribution in [1.29, 1.82) is 0 Å². The first-order valence-electron chi connectivity index (χ1n) is 3.76. The molecule has 4 nitrogen and oxygen atoms in total. The van der Waals surface area contributed by atoms with Crippen molar-refractivity contribution in [3.63, 3.8) is 0 Å². The zero-order valence-corrected chi connectivity index (χ0v) is 7.40. The Kier molecular flexibility index (Phi) is 2.74. The molecule has 0 radical (unpaired) electrons. The Morgan fingerprint density at radius 1 is 1.46 bits per heavy atom. The van der Waals surface area contributed by atoms with Crippen molar-refractivity contribution in [2.75, 3.05) is 0 Å². The number of carbonyl (C=O) groups is 2. The maximum Gasteiger partial charge on any atom is 0.332 e. The van der Waals surface area contributed by atoms with Gasteiger partial charge in [0, 0.05) is 6.92 Å². The Labute approximate surface area is 75.6 Å². The average Bonchev–Trinajstić information content (AvgIpc) is 2.02. The van der Waals surface area contributed by atoms with Crippen LogP contribution in [0.25, 0.3) is 0 Å². The number of allylic oxidation sites excluding steroid dienone is 4. The molecule has 0 saturated heterocycles. The third-order valence-corrected chi connectivity index (χ3v) is 1.44. The molecule has 0 heterocycles. The molecule has 1 rings (SSSR count). The summed E-state index contributed by atoms with van der Waals surface area (Å²) >= 11 is 0. The second-order valence-corrected chi connectivity index (χ2v) is 2.62. The molecule has 0 bridgehead atoms. The first-order valence-corrected chi connectivity index (χ1v) is 3.76. The average molecular weight is 179 g/mol. The molecule has 0 unspecified atom stereocenters. The highest BCUT2D eigenvalue weighted by Crippen LogP contribution is 2.06. The Hall–Kier alpha value is -1.71. The van der Waals surface area contributed by atoms with Crippen LogP contribution in [0.15, 0.2) is 29.0 Å². The standard InChI is InChI=1S/C9H9NO3/c1-6-5-8(12)3-4-9(6)10-13-7(2)11/h3-5H,1-2H3/b10-9+. The summed E-state index contributed by atoms with van der Waals surface area (Å²) in [4.78, 5) is 25.7. The van der Waals surface area contributed by atoms with Crippen LogP contribution in [-0.2, 0) is 14.4 Å². The van der Waals surface area contributed by atoms with Crippen molar-refractivity contribution in [2.24, 2.45) is 5.16 Å². The molecular weight excluding hydrogens is 170 g/mol. The SMILES string of the molecule is CC(=O)O/N=C1\C=CC(=O)C=C1C. The summed E-state index contributed by atoms with van der Waals surface area (Å²) in [5.74, 6) is -0.565. The van der Waals surface area contributed by atoms with Gasteiger partial charge in [-0.3, -0.25) is 4.79 Å². The fraction of sp³-hybridized carbons (Fsp3) is 0.222. The van der Waals surface area contributed by atoms with Gasteiger partial charge in [-0.1, -0.05) is 5.16 Å². The topological polar surface area (TPSA) is 55.7 Å². The maximum absolute atomic E-state index is 10.8. The quantitative estimate of drug-likeness (QED) is 0.342. The molecule has 0 aromatic rings. The van der Waals surface area contributed by atoms with E-state index in [0.717, 1.165) is 0 Å². The molecule has 0 N–H and O–H groups in total. The zero-order chi connectivity index (χ0) is 9.84. The van der Waals surface area contributed by atoms with Crippen molar-refractivity contribution in [2.45, 2.75) is 13.8 Å². The summed E-state index contributed by atoms with van der Waals surface area (Å²) in [6.45, 7) is 2.99. The minimum absolute atomic E-state index is 0.0840. The summed E-state index contributed by atoms with van der Waals surface area (Å²) in [6.07, 6.45) is 4.32. The smallest absolute Gasteiger partial charge is 0.318 e. The van der Waals surface area contributed by atoms with Crippen LogP contribution in [0.2, 0.25) is 0 Å². The van der Waals surface area contributed by atoms with Crippen LogP contribution in [0.1, 0.15) is 13.8 Å². The monoisotopic (exact) mass is 179 g/mol. The lowest BCUT2D eigenvalue weighted by Gasteiger charge is -2.03. The number of hydrogen-bond acceptors (Lipinski definition) is 4. The van der Waals surface area contributed by atoms with Gasteiger partial charge < -0.3 is 4.84 Å². The van der Waals surface area contributed by atoms with Gasteiger partial charge in [-0.2, -0.15) is 0 Å². The molecule has 0 saturated carbocycles. The summed E-state index contributed by atoms with van der Waals surface area (Å²) in [6, 6.07) is 0. The van der Waals surface area contributed by atoms with E-state index in [1.807, 2.05) is 0 Å². The first kappa shape index (κ1) is 9.38. The first-order chi connectivity index (χ1) is 6.09. The van der Waals surface area contributed by atoms with Gasteiger partial charge in [-0.05, 0) is 30.7 Å². The summed E-state index contributed by atoms with van der Waals surface area (Å²) in [7, 11) is 0. The van der Waals surface area contributed by atoms with Crippen LogP contribution in [0.4, 0.5) is 0 Å². The van der Waals surface area contributed by atoms with E-state index in [4.69, 9.17) is 0 Å². The van der Waals surface area contributed by atoms with Crippen LogP contribution >= 0.6 is 0 Å². The molecular formula is C9H9NO3. The Morgan fingerprint density at radius 3 is 2.69 bits per heavy atom. The van der Waals surface area contributed by atoms with Gasteiger partial charge in [-0.25, -0.2) is 4.79 Å². The molecule has 1 aliphatic rings. The van der Waals surface area contributed by atoms with Crippen molar-refractivity contribution >= 4 is 17.5 Å². The number of rotatable bonds is 1. The fourth-order valence-electron chi connectivity index (χ4n) is 0.844. The largest absolute Gasteiger partial charge is 0.332 e. The fourth-order valence-corrected chi connectivity index (χ4v) is 0.844. The molecule has 0 aliphatic heterocycles. The molecule has 0 aromatic carbocycles. The van der Waals surface area contributed by atoms with Gasteiger partial charge in [0.2, 0.25) is 0 Å². The second kappa shape index (κ2) is 3.80. The van der Waals surface area contributed by atoms with E-state index in [1.54, 1.807) is 6.92 Å². The molecule has 0 amide bonds. The number of ketones is 1. The number of nitrogens with zero attached hydrogens (tertiary/aromatic N) is 1. The highest BCUT2D eigenvalue weighted by molar-refractivity contribution is 6.19. The molecule has 0 spiro atoms. The zero-order valence-electron chi connectivity index (χ0n) is 7.40. The molecule has 13 heavy (non-hydrogen) atoms. The molecule has 4 heteroatoms. The van der Waals surface area contributed by atoms with E-state index >= 15 is 0 Å². The van der Waals surface area contributed by atoms with Crippen LogP contribution in [0, 0.1) is 0 Å². The van der Waals surface area contributed by atoms with E-state index in [2.05, 4.69) is 9.99 Å². The van der Waals surface area contributed by atoms with E-state index < -0.39 is 5.97 Å². The van der Waals surface area contributed by atoms with Crippen molar-refractivity contribution in [3.05, 3.63) is 23.8 Å². The molecule has 1 aliphatic carbocycles. The second-order valence-electron chi connectivity index (χ2n) is 2.62. The molecule has 0 atom stereocenters. The van der Waals surface area contributed by atoms with Crippen molar-refractivity contribution in [1.82, 2.24) is 0 Å². The summed E-state index contributed by atoms with van der Waals surface area (Å²) in [5, 5.41) is 3.56. The summed E-state index contributed by atoms with van der Waals surface area (Å²) < 4.78 is 0. The van der Waals surface area contributed by atoms with Gasteiger partial charge in [0.25, 0.3) is 0 Å². The maximum atomic E-state index is 10.8. The summed E-state index contributed by atoms with van der Waals surface area (Å²) in [5.41, 5.74) is 1.18. The Bertz CT molecular complexity index is 337. The normalized spacial score (nSPS) is 18.8. The van der Waals surface area contributed by atoms with Crippen LogP contribution in [0.3, 0.4) is 0 Å². The van der Waals surface area contributed by atoms with Crippen LogP contribution in [0.5, 0.6) is 0 Å². The van der Waals surface area contributed by atoms with E-state index in [9.17, 15) is 9.59 Å². The third kappa shape index (κ3) is 2.66. The number of oxime groups is 1. The predicted octanol–water partition coefficient (Wildman–Crippen LogP) is 0.991. The minimum Gasteiger partial charge on any atom is -0.318 e. The van der Waals surface area contributed by atoms with Crippen LogP contribution < -0.4 is 0 Å². The minimum atomic E-state index is -0.481. The third-order valence-electron chi connectivity index (χ3n) is 1.44. The Balaban J connectivity index is 2.77. The lowest BCUT2D eigenvalue weighted by molar-refractivity contribution is -0.140. The van der Waals surface area contributed by atoms with Crippen LogP contribution in [-0.4, -0.2) is 17.5 Å². The van der Waals surface area contributed by atoms with Gasteiger partial charge in [0.1, 0.15) is 5.71 Å². The van der Waals surface area contributed by atoms with Gasteiger partial charge in [-0.15, -0.1) is 0 Å².